The van der Waals surface area contributed by atoms with E-state index in [-0.39, 0.29) is 12.5 Å². The largest absolute Gasteiger partial charge is 0.343 e. The smallest absolute Gasteiger partial charge is 0.251 e. The van der Waals surface area contributed by atoms with E-state index >= 15 is 0 Å². The van der Waals surface area contributed by atoms with Crippen LogP contribution in [0.2, 0.25) is 0 Å². The van der Waals surface area contributed by atoms with Crippen molar-refractivity contribution in [3.8, 4) is 11.4 Å². The Kier molecular flexibility index (Phi) is 3.50. The molecule has 120 valence electrons. The van der Waals surface area contributed by atoms with E-state index in [1.165, 1.54) is 0 Å². The topological polar surface area (TPSA) is 112 Å². The normalized spacial score (nSPS) is 11.0. The number of nitrogens with one attached hydrogen (secondary N) is 1. The molecule has 0 unspecified atom stereocenters. The lowest BCUT2D eigenvalue weighted by Crippen LogP contribution is -2.22. The van der Waals surface area contributed by atoms with E-state index in [2.05, 4.69) is 29.3 Å². The Morgan fingerprint density at radius 2 is 2.21 bits per heavy atom. The minimum Gasteiger partial charge on any atom is -0.343 e. The number of rotatable bonds is 4. The summed E-state index contributed by atoms with van der Waals surface area (Å²) in [6.07, 6.45) is 3.43. The van der Waals surface area contributed by atoms with E-state index in [0.717, 1.165) is 22.8 Å². The monoisotopic (exact) mass is 341 g/mol. The van der Waals surface area contributed by atoms with Crippen LogP contribution in [0.15, 0.2) is 35.1 Å². The molecule has 0 spiro atoms. The van der Waals surface area contributed by atoms with Crippen molar-refractivity contribution in [3.63, 3.8) is 0 Å². The molecule has 0 fully saturated rings. The van der Waals surface area contributed by atoms with Crippen LogP contribution in [0.4, 0.5) is 0 Å². The lowest BCUT2D eigenvalue weighted by molar-refractivity contribution is 0.0946. The predicted molar refractivity (Wildman–Crippen MR) is 85.1 cm³/mol. The summed E-state index contributed by atoms with van der Waals surface area (Å²) in [5.41, 5.74) is 2.72. The number of aromatic nitrogens is 6. The van der Waals surface area contributed by atoms with E-state index < -0.39 is 0 Å². The molecule has 0 saturated carbocycles. The van der Waals surface area contributed by atoms with Crippen LogP contribution in [-0.4, -0.2) is 34.6 Å². The van der Waals surface area contributed by atoms with Crippen LogP contribution < -0.4 is 5.32 Å². The van der Waals surface area contributed by atoms with Crippen molar-refractivity contribution in [2.24, 2.45) is 7.05 Å². The molecular formula is C14H11N7O2S. The summed E-state index contributed by atoms with van der Waals surface area (Å²) in [6, 6.07) is 5.16. The number of hydrogen-bond acceptors (Lipinski definition) is 8. The molecule has 1 N–H and O–H groups in total. The molecular weight excluding hydrogens is 330 g/mol. The fourth-order valence-electron chi connectivity index (χ4n) is 2.16. The highest BCUT2D eigenvalue weighted by Gasteiger charge is 2.13. The molecule has 0 aliphatic rings. The number of benzene rings is 1. The molecule has 4 aromatic rings. The number of amides is 1. The van der Waals surface area contributed by atoms with Gasteiger partial charge in [0, 0.05) is 18.8 Å². The fourth-order valence-corrected chi connectivity index (χ4v) is 2.68. The number of carbonyl (C=O) groups is 1. The minimum atomic E-state index is -0.244. The standard InChI is InChI=1S/C14H11N7O2S/c1-21-7-9(5-16-21)13-17-12(23-18-13)6-15-14(22)8-2-3-10-11(4-8)20-24-19-10/h2-5,7H,6H2,1H3,(H,15,22). The van der Waals surface area contributed by atoms with E-state index in [9.17, 15) is 4.79 Å². The second kappa shape index (κ2) is 5.81. The zero-order valence-corrected chi connectivity index (χ0v) is 13.3. The maximum absolute atomic E-state index is 12.2. The third kappa shape index (κ3) is 2.74. The van der Waals surface area contributed by atoms with Gasteiger partial charge in [-0.3, -0.25) is 9.48 Å². The van der Waals surface area contributed by atoms with Crippen molar-refractivity contribution < 1.29 is 9.32 Å². The molecule has 0 aliphatic carbocycles. The minimum absolute atomic E-state index is 0.138. The Labute approximate surface area is 139 Å². The summed E-state index contributed by atoms with van der Waals surface area (Å²) in [4.78, 5) is 16.4. The molecule has 4 rings (SSSR count). The Morgan fingerprint density at radius 3 is 3.04 bits per heavy atom. The van der Waals surface area contributed by atoms with Gasteiger partial charge in [0.1, 0.15) is 11.0 Å². The van der Waals surface area contributed by atoms with Crippen LogP contribution in [-0.2, 0) is 13.6 Å². The maximum Gasteiger partial charge on any atom is 0.251 e. The van der Waals surface area contributed by atoms with Crippen molar-refractivity contribution in [1.82, 2.24) is 34.0 Å². The molecule has 3 aromatic heterocycles. The van der Waals surface area contributed by atoms with E-state index in [1.807, 2.05) is 0 Å². The van der Waals surface area contributed by atoms with Gasteiger partial charge in [0.2, 0.25) is 11.7 Å². The van der Waals surface area contributed by atoms with Gasteiger partial charge in [0.15, 0.2) is 0 Å². The van der Waals surface area contributed by atoms with Gasteiger partial charge in [0.25, 0.3) is 5.91 Å². The van der Waals surface area contributed by atoms with Crippen LogP contribution in [0.25, 0.3) is 22.4 Å². The summed E-state index contributed by atoms with van der Waals surface area (Å²) in [7, 11) is 1.80. The van der Waals surface area contributed by atoms with Gasteiger partial charge in [-0.05, 0) is 18.2 Å². The average Bonchev–Trinajstić information content (AvgIpc) is 3.31. The van der Waals surface area contributed by atoms with Crippen LogP contribution in [0.1, 0.15) is 16.2 Å². The lowest BCUT2D eigenvalue weighted by Gasteiger charge is -2.01. The average molecular weight is 341 g/mol. The van der Waals surface area contributed by atoms with E-state index in [0.29, 0.717) is 22.8 Å². The number of fused-ring (bicyclic) bond motifs is 1. The van der Waals surface area contributed by atoms with Crippen molar-refractivity contribution in [2.75, 3.05) is 0 Å². The summed E-state index contributed by atoms with van der Waals surface area (Å²) in [6.45, 7) is 0.138. The zero-order valence-electron chi connectivity index (χ0n) is 12.5. The molecule has 24 heavy (non-hydrogen) atoms. The number of nitrogens with zero attached hydrogens (tertiary/aromatic N) is 6. The molecule has 9 nitrogen and oxygen atoms in total. The molecule has 0 bridgehead atoms. The Morgan fingerprint density at radius 1 is 1.33 bits per heavy atom. The zero-order chi connectivity index (χ0) is 16.5. The molecule has 1 amide bonds. The SMILES string of the molecule is Cn1cc(-c2noc(CNC(=O)c3ccc4nsnc4c3)n2)cn1. The van der Waals surface area contributed by atoms with Crippen LogP contribution in [0, 0.1) is 0 Å². The molecule has 0 saturated heterocycles. The number of carbonyl (C=O) groups excluding carboxylic acids is 1. The quantitative estimate of drug-likeness (QED) is 0.597. The second-order valence-electron chi connectivity index (χ2n) is 5.06. The lowest BCUT2D eigenvalue weighted by atomic mass is 10.2. The Hall–Kier alpha value is -3.14. The summed E-state index contributed by atoms with van der Waals surface area (Å²) < 4.78 is 15.0. The van der Waals surface area contributed by atoms with Gasteiger partial charge in [-0.1, -0.05) is 5.16 Å². The highest BCUT2D eigenvalue weighted by molar-refractivity contribution is 7.00. The van der Waals surface area contributed by atoms with Crippen molar-refractivity contribution in [3.05, 3.63) is 42.0 Å². The summed E-state index contributed by atoms with van der Waals surface area (Å²) in [5, 5.41) is 10.7. The van der Waals surface area contributed by atoms with E-state index in [1.54, 1.807) is 42.3 Å². The molecule has 0 radical (unpaired) electrons. The third-order valence-electron chi connectivity index (χ3n) is 3.35. The fraction of sp³-hybridized carbons (Fsp3) is 0.143. The molecule has 10 heteroatoms. The van der Waals surface area contributed by atoms with Gasteiger partial charge in [-0.15, -0.1) is 0 Å². The first kappa shape index (κ1) is 14.5. The first-order chi connectivity index (χ1) is 11.7. The first-order valence-electron chi connectivity index (χ1n) is 7.01. The van der Waals surface area contributed by atoms with Crippen molar-refractivity contribution >= 4 is 28.7 Å². The summed E-state index contributed by atoms with van der Waals surface area (Å²) >= 11 is 1.11. The number of hydrogen-bond donors (Lipinski definition) is 1. The second-order valence-corrected chi connectivity index (χ2v) is 5.59. The predicted octanol–water partition coefficient (Wildman–Crippen LogP) is 1.40. The Balaban J connectivity index is 1.44. The number of aryl methyl sites for hydroxylation is 1. The molecule has 3 heterocycles. The van der Waals surface area contributed by atoms with Gasteiger partial charge in [-0.2, -0.15) is 18.8 Å². The highest BCUT2D eigenvalue weighted by atomic mass is 32.1. The van der Waals surface area contributed by atoms with Crippen molar-refractivity contribution in [2.45, 2.75) is 6.54 Å². The molecule has 1 aromatic carbocycles. The third-order valence-corrected chi connectivity index (χ3v) is 3.90. The molecule has 0 aliphatic heterocycles. The van der Waals surface area contributed by atoms with Crippen molar-refractivity contribution in [1.29, 1.82) is 0 Å². The Bertz CT molecular complexity index is 1020. The highest BCUT2D eigenvalue weighted by Crippen LogP contribution is 2.15. The van der Waals surface area contributed by atoms with Gasteiger partial charge < -0.3 is 9.84 Å². The first-order valence-corrected chi connectivity index (χ1v) is 7.74. The van der Waals surface area contributed by atoms with Crippen LogP contribution in [0.3, 0.4) is 0 Å². The maximum atomic E-state index is 12.2. The van der Waals surface area contributed by atoms with Gasteiger partial charge in [0.05, 0.1) is 30.0 Å². The van der Waals surface area contributed by atoms with Crippen LogP contribution >= 0.6 is 11.7 Å². The summed E-state index contributed by atoms with van der Waals surface area (Å²) in [5.74, 6) is 0.506. The molecule has 0 atom stereocenters. The van der Waals surface area contributed by atoms with Gasteiger partial charge >= 0.3 is 0 Å². The van der Waals surface area contributed by atoms with Gasteiger partial charge in [-0.25, -0.2) is 0 Å². The van der Waals surface area contributed by atoms with E-state index in [4.69, 9.17) is 4.52 Å². The van der Waals surface area contributed by atoms with Crippen LogP contribution in [0.5, 0.6) is 0 Å².